The first-order valence-electron chi connectivity index (χ1n) is 9.37. The maximum Gasteiger partial charge on any atom is 0.342 e. The molecule has 0 bridgehead atoms. The Balaban J connectivity index is 1.63. The summed E-state index contributed by atoms with van der Waals surface area (Å²) < 4.78 is 21.8. The molecule has 0 saturated heterocycles. The minimum Gasteiger partial charge on any atom is -0.497 e. The number of hydrogen-bond donors (Lipinski definition) is 0. The van der Waals surface area contributed by atoms with E-state index in [4.69, 9.17) is 18.9 Å². The summed E-state index contributed by atoms with van der Waals surface area (Å²) in [7, 11) is 2.93. The molecule has 0 spiro atoms. The van der Waals surface area contributed by atoms with Gasteiger partial charge in [0, 0.05) is 12.0 Å². The molecule has 0 radical (unpaired) electrons. The molecule has 1 fully saturated rings. The monoisotopic (exact) mass is 382 g/mol. The van der Waals surface area contributed by atoms with Crippen molar-refractivity contribution in [3.63, 3.8) is 0 Å². The standard InChI is InChI=1S/C22H22O6/c1-25-15-8-6-13(7-9-15)19-12-16-17(27-19)10-11-18(20(16)22(24)26-2)28-21(23)14-4-3-5-14/h6-11,14,19H,3-5,12H2,1-2H3. The molecule has 28 heavy (non-hydrogen) atoms. The van der Waals surface area contributed by atoms with E-state index in [0.29, 0.717) is 17.7 Å². The zero-order valence-electron chi connectivity index (χ0n) is 15.9. The van der Waals surface area contributed by atoms with Gasteiger partial charge in [-0.15, -0.1) is 0 Å². The number of fused-ring (bicyclic) bond motifs is 1. The van der Waals surface area contributed by atoms with Gasteiger partial charge in [-0.05, 0) is 42.7 Å². The summed E-state index contributed by atoms with van der Waals surface area (Å²) in [6, 6.07) is 11.0. The van der Waals surface area contributed by atoms with Crippen LogP contribution in [0.2, 0.25) is 0 Å². The van der Waals surface area contributed by atoms with Crippen molar-refractivity contribution >= 4 is 11.9 Å². The van der Waals surface area contributed by atoms with Crippen LogP contribution in [0.5, 0.6) is 17.2 Å². The minimum absolute atomic E-state index is 0.0814. The molecule has 1 atom stereocenters. The van der Waals surface area contributed by atoms with E-state index in [0.717, 1.165) is 30.6 Å². The van der Waals surface area contributed by atoms with Crippen LogP contribution in [-0.4, -0.2) is 26.2 Å². The number of hydrogen-bond acceptors (Lipinski definition) is 6. The summed E-state index contributed by atoms with van der Waals surface area (Å²) >= 11 is 0. The number of esters is 2. The lowest BCUT2D eigenvalue weighted by Crippen LogP contribution is -2.27. The Bertz CT molecular complexity index is 898. The number of ether oxygens (including phenoxy) is 4. The predicted octanol–water partition coefficient (Wildman–Crippen LogP) is 3.86. The summed E-state index contributed by atoms with van der Waals surface area (Å²) in [6.07, 6.45) is 2.95. The second-order valence-corrected chi connectivity index (χ2v) is 7.04. The Labute approximate surface area is 163 Å². The summed E-state index contributed by atoms with van der Waals surface area (Å²) in [5, 5.41) is 0. The summed E-state index contributed by atoms with van der Waals surface area (Å²) in [5.74, 6) is 0.696. The highest BCUT2D eigenvalue weighted by Gasteiger charge is 2.34. The van der Waals surface area contributed by atoms with Gasteiger partial charge < -0.3 is 18.9 Å². The van der Waals surface area contributed by atoms with Gasteiger partial charge >= 0.3 is 11.9 Å². The van der Waals surface area contributed by atoms with Crippen LogP contribution in [0.15, 0.2) is 36.4 Å². The van der Waals surface area contributed by atoms with Gasteiger partial charge in [0.1, 0.15) is 28.9 Å². The molecule has 2 aromatic carbocycles. The first-order chi connectivity index (χ1) is 13.6. The third-order valence-corrected chi connectivity index (χ3v) is 5.42. The van der Waals surface area contributed by atoms with E-state index in [-0.39, 0.29) is 29.3 Å². The second-order valence-electron chi connectivity index (χ2n) is 7.04. The molecule has 1 unspecified atom stereocenters. The Kier molecular flexibility index (Phi) is 4.94. The Morgan fingerprint density at radius 2 is 1.79 bits per heavy atom. The highest BCUT2D eigenvalue weighted by atomic mass is 16.5. The van der Waals surface area contributed by atoms with Crippen LogP contribution in [0.25, 0.3) is 0 Å². The van der Waals surface area contributed by atoms with Crippen LogP contribution >= 0.6 is 0 Å². The van der Waals surface area contributed by atoms with Gasteiger partial charge in [0.05, 0.1) is 20.1 Å². The molecule has 2 aromatic rings. The van der Waals surface area contributed by atoms with Gasteiger partial charge in [0.25, 0.3) is 0 Å². The van der Waals surface area contributed by atoms with Gasteiger partial charge in [-0.25, -0.2) is 4.79 Å². The van der Waals surface area contributed by atoms with E-state index >= 15 is 0 Å². The zero-order valence-corrected chi connectivity index (χ0v) is 15.9. The Morgan fingerprint density at radius 1 is 1.04 bits per heavy atom. The van der Waals surface area contributed by atoms with Gasteiger partial charge in [0.2, 0.25) is 0 Å². The quantitative estimate of drug-likeness (QED) is 0.578. The first kappa shape index (κ1) is 18.3. The smallest absolute Gasteiger partial charge is 0.342 e. The first-order valence-corrected chi connectivity index (χ1v) is 9.37. The number of rotatable bonds is 5. The van der Waals surface area contributed by atoms with Crippen molar-refractivity contribution in [1.29, 1.82) is 0 Å². The molecule has 0 amide bonds. The van der Waals surface area contributed by atoms with E-state index < -0.39 is 5.97 Å². The zero-order chi connectivity index (χ0) is 19.7. The normalized spacial score (nSPS) is 17.9. The van der Waals surface area contributed by atoms with Crippen molar-refractivity contribution in [3.05, 3.63) is 53.1 Å². The number of benzene rings is 2. The van der Waals surface area contributed by atoms with Crippen molar-refractivity contribution in [2.24, 2.45) is 5.92 Å². The molecule has 1 heterocycles. The fourth-order valence-corrected chi connectivity index (χ4v) is 3.55. The van der Waals surface area contributed by atoms with Crippen molar-refractivity contribution in [3.8, 4) is 17.2 Å². The average Bonchev–Trinajstić information content (AvgIpc) is 3.10. The topological polar surface area (TPSA) is 71.1 Å². The lowest BCUT2D eigenvalue weighted by Gasteiger charge is -2.23. The predicted molar refractivity (Wildman–Crippen MR) is 101 cm³/mol. The Morgan fingerprint density at radius 3 is 2.39 bits per heavy atom. The summed E-state index contributed by atoms with van der Waals surface area (Å²) in [4.78, 5) is 24.8. The molecular weight excluding hydrogens is 360 g/mol. The van der Waals surface area contributed by atoms with Gasteiger partial charge in [-0.3, -0.25) is 4.79 Å². The molecule has 2 aliphatic rings. The summed E-state index contributed by atoms with van der Waals surface area (Å²) in [5.41, 5.74) is 1.94. The van der Waals surface area contributed by atoms with Crippen LogP contribution in [0.4, 0.5) is 0 Å². The van der Waals surface area contributed by atoms with Crippen molar-refractivity contribution in [2.75, 3.05) is 14.2 Å². The number of carbonyl (C=O) groups excluding carboxylic acids is 2. The third kappa shape index (κ3) is 3.30. The van der Waals surface area contributed by atoms with Crippen molar-refractivity contribution in [2.45, 2.75) is 31.8 Å². The molecular formula is C22H22O6. The molecule has 6 nitrogen and oxygen atoms in total. The molecule has 146 valence electrons. The maximum absolute atomic E-state index is 12.5. The molecule has 6 heteroatoms. The van der Waals surface area contributed by atoms with Crippen molar-refractivity contribution < 1.29 is 28.5 Å². The molecule has 1 aliphatic carbocycles. The van der Waals surface area contributed by atoms with E-state index in [1.54, 1.807) is 19.2 Å². The van der Waals surface area contributed by atoms with Gasteiger partial charge in [-0.2, -0.15) is 0 Å². The lowest BCUT2D eigenvalue weighted by atomic mass is 9.86. The van der Waals surface area contributed by atoms with Crippen LogP contribution in [0, 0.1) is 5.92 Å². The second kappa shape index (κ2) is 7.54. The molecule has 4 rings (SSSR count). The van der Waals surface area contributed by atoms with Gasteiger partial charge in [0.15, 0.2) is 0 Å². The van der Waals surface area contributed by atoms with Crippen LogP contribution in [0.3, 0.4) is 0 Å². The fourth-order valence-electron chi connectivity index (χ4n) is 3.55. The van der Waals surface area contributed by atoms with E-state index in [9.17, 15) is 9.59 Å². The SMILES string of the molecule is COC(=O)c1c(OC(=O)C2CCC2)ccc2c1CC(c1ccc(OC)cc1)O2. The fraction of sp³-hybridized carbons (Fsp3) is 0.364. The highest BCUT2D eigenvalue weighted by molar-refractivity contribution is 5.96. The Hall–Kier alpha value is -3.02. The molecule has 1 aliphatic heterocycles. The largest absolute Gasteiger partial charge is 0.497 e. The average molecular weight is 382 g/mol. The van der Waals surface area contributed by atoms with Gasteiger partial charge in [-0.1, -0.05) is 18.6 Å². The lowest BCUT2D eigenvalue weighted by molar-refractivity contribution is -0.141. The van der Waals surface area contributed by atoms with Crippen molar-refractivity contribution in [1.82, 2.24) is 0 Å². The summed E-state index contributed by atoms with van der Waals surface area (Å²) in [6.45, 7) is 0. The molecule has 1 saturated carbocycles. The van der Waals surface area contributed by atoms with Crippen LogP contribution in [0.1, 0.15) is 46.9 Å². The maximum atomic E-state index is 12.5. The molecule has 0 N–H and O–H groups in total. The van der Waals surface area contributed by atoms with E-state index in [1.807, 2.05) is 24.3 Å². The molecule has 0 aromatic heterocycles. The van der Waals surface area contributed by atoms with E-state index in [1.165, 1.54) is 7.11 Å². The number of carbonyl (C=O) groups is 2. The highest BCUT2D eigenvalue weighted by Crippen LogP contribution is 2.42. The minimum atomic E-state index is -0.535. The third-order valence-electron chi connectivity index (χ3n) is 5.42. The van der Waals surface area contributed by atoms with Crippen LogP contribution < -0.4 is 14.2 Å². The van der Waals surface area contributed by atoms with E-state index in [2.05, 4.69) is 0 Å². The number of methoxy groups -OCH3 is 2. The van der Waals surface area contributed by atoms with Crippen LogP contribution in [-0.2, 0) is 16.0 Å².